The number of rotatable bonds is 4. The molecule has 75 valence electrons. The molecule has 1 atom stereocenters. The number of nitrogens with zero attached hydrogens (tertiary/aromatic N) is 1. The van der Waals surface area contributed by atoms with Gasteiger partial charge in [-0.05, 0) is 30.0 Å². The Labute approximate surface area is 84.3 Å². The number of carbonyl (C=O) groups is 1. The average molecular weight is 191 g/mol. The Kier molecular flexibility index (Phi) is 3.63. The lowest BCUT2D eigenvalue weighted by Crippen LogP contribution is -2.22. The zero-order valence-corrected chi connectivity index (χ0v) is 8.53. The second-order valence-electron chi connectivity index (χ2n) is 3.65. The molecule has 3 heteroatoms. The van der Waals surface area contributed by atoms with Crippen LogP contribution in [-0.2, 0) is 4.79 Å². The molecule has 1 amide bonds. The highest BCUT2D eigenvalue weighted by molar-refractivity contribution is 5.82. The largest absolute Gasteiger partial charge is 0.369 e. The van der Waals surface area contributed by atoms with Crippen LogP contribution in [0.5, 0.6) is 0 Å². The van der Waals surface area contributed by atoms with Gasteiger partial charge in [-0.15, -0.1) is 0 Å². The van der Waals surface area contributed by atoms with E-state index in [1.54, 1.807) is 12.4 Å². The molecule has 2 N–H and O–H groups in total. The number of carbonyl (C=O) groups excluding carboxylic acids is 1. The first-order valence-electron chi connectivity index (χ1n) is 4.59. The molecule has 0 saturated heterocycles. The van der Waals surface area contributed by atoms with Crippen LogP contribution in [0.2, 0.25) is 0 Å². The molecule has 0 aromatic carbocycles. The molecule has 1 rings (SSSR count). The highest BCUT2D eigenvalue weighted by Crippen LogP contribution is 2.23. The molecule has 0 saturated carbocycles. The number of hydrogen-bond donors (Lipinski definition) is 1. The van der Waals surface area contributed by atoms with Gasteiger partial charge < -0.3 is 5.73 Å². The molecular formula is C11H15N2O. The smallest absolute Gasteiger partial charge is 0.224 e. The molecule has 3 nitrogen and oxygen atoms in total. The molecule has 1 aromatic heterocycles. The summed E-state index contributed by atoms with van der Waals surface area (Å²) in [7, 11) is 0. The van der Waals surface area contributed by atoms with Crippen LogP contribution in [-0.4, -0.2) is 10.9 Å². The average Bonchev–Trinajstić information content (AvgIpc) is 2.15. The third-order valence-electron chi connectivity index (χ3n) is 2.06. The summed E-state index contributed by atoms with van der Waals surface area (Å²) < 4.78 is 0. The van der Waals surface area contributed by atoms with Crippen molar-refractivity contribution in [3.8, 4) is 0 Å². The predicted molar refractivity (Wildman–Crippen MR) is 55.4 cm³/mol. The second-order valence-corrected chi connectivity index (χ2v) is 3.65. The van der Waals surface area contributed by atoms with E-state index in [9.17, 15) is 4.79 Å². The first-order chi connectivity index (χ1) is 6.61. The minimum atomic E-state index is -0.280. The Morgan fingerprint density at radius 2 is 2.00 bits per heavy atom. The molecular weight excluding hydrogens is 176 g/mol. The van der Waals surface area contributed by atoms with Crippen LogP contribution in [0, 0.1) is 5.92 Å². The van der Waals surface area contributed by atoms with Gasteiger partial charge in [0.25, 0.3) is 0 Å². The van der Waals surface area contributed by atoms with E-state index in [4.69, 9.17) is 5.73 Å². The van der Waals surface area contributed by atoms with E-state index in [0.29, 0.717) is 6.42 Å². The van der Waals surface area contributed by atoms with Crippen molar-refractivity contribution in [3.63, 3.8) is 0 Å². The van der Waals surface area contributed by atoms with Gasteiger partial charge in [0.05, 0.1) is 5.92 Å². The van der Waals surface area contributed by atoms with Crippen molar-refractivity contribution < 1.29 is 4.79 Å². The number of aromatic nitrogens is 1. The Morgan fingerprint density at radius 3 is 2.43 bits per heavy atom. The fourth-order valence-electron chi connectivity index (χ4n) is 1.39. The van der Waals surface area contributed by atoms with Gasteiger partial charge >= 0.3 is 0 Å². The zero-order valence-electron chi connectivity index (χ0n) is 8.53. The van der Waals surface area contributed by atoms with Crippen LogP contribution in [0.15, 0.2) is 24.5 Å². The van der Waals surface area contributed by atoms with Crippen LogP contribution in [0.1, 0.15) is 31.7 Å². The van der Waals surface area contributed by atoms with E-state index >= 15 is 0 Å². The monoisotopic (exact) mass is 191 g/mol. The van der Waals surface area contributed by atoms with Gasteiger partial charge in [-0.2, -0.15) is 0 Å². The highest BCUT2D eigenvalue weighted by atomic mass is 16.1. The normalized spacial score (nSPS) is 12.8. The summed E-state index contributed by atoms with van der Waals surface area (Å²) in [6.45, 7) is 3.99. The molecule has 0 spiro atoms. The summed E-state index contributed by atoms with van der Waals surface area (Å²) in [5.41, 5.74) is 6.28. The molecule has 14 heavy (non-hydrogen) atoms. The first kappa shape index (κ1) is 10.7. The summed E-state index contributed by atoms with van der Waals surface area (Å²) in [5, 5.41) is 0. The summed E-state index contributed by atoms with van der Waals surface area (Å²) in [5.74, 6) is 0.700. The zero-order chi connectivity index (χ0) is 10.6. The maximum atomic E-state index is 11.2. The highest BCUT2D eigenvalue weighted by Gasteiger charge is 2.18. The van der Waals surface area contributed by atoms with Crippen LogP contribution < -0.4 is 5.73 Å². The number of amides is 1. The van der Waals surface area contributed by atoms with Gasteiger partial charge in [-0.3, -0.25) is 9.78 Å². The minimum Gasteiger partial charge on any atom is -0.369 e. The van der Waals surface area contributed by atoms with Crippen molar-refractivity contribution in [2.45, 2.75) is 26.2 Å². The summed E-state index contributed by atoms with van der Waals surface area (Å²) in [6.07, 6.45) is 4.06. The van der Waals surface area contributed by atoms with E-state index < -0.39 is 0 Å². The lowest BCUT2D eigenvalue weighted by atomic mass is 9.90. The Balaban J connectivity index is 2.84. The number of pyridine rings is 1. The standard InChI is InChI=1S/C11H15N2O/c1-8(2)7-10(11(12)14)9-3-5-13-6-4-9/h3-6,10H,7H2,1-2H3,(H2,12,14). The second kappa shape index (κ2) is 4.74. The molecule has 1 radical (unpaired) electrons. The Morgan fingerprint density at radius 1 is 1.43 bits per heavy atom. The van der Waals surface area contributed by atoms with E-state index in [1.807, 2.05) is 26.0 Å². The Hall–Kier alpha value is -1.38. The van der Waals surface area contributed by atoms with Crippen LogP contribution in [0.3, 0.4) is 0 Å². The maximum Gasteiger partial charge on any atom is 0.224 e. The lowest BCUT2D eigenvalue weighted by Gasteiger charge is -2.15. The number of nitrogens with two attached hydrogens (primary N) is 1. The molecule has 1 heterocycles. The molecule has 0 aliphatic rings. The maximum absolute atomic E-state index is 11.2. The van der Waals surface area contributed by atoms with E-state index in [1.165, 1.54) is 5.92 Å². The van der Waals surface area contributed by atoms with Gasteiger partial charge in [0.2, 0.25) is 5.91 Å². The predicted octanol–water partition coefficient (Wildman–Crippen LogP) is 1.65. The topological polar surface area (TPSA) is 56.0 Å². The third kappa shape index (κ3) is 2.83. The van der Waals surface area contributed by atoms with Gasteiger partial charge in [0, 0.05) is 12.4 Å². The van der Waals surface area contributed by atoms with Gasteiger partial charge in [0.1, 0.15) is 0 Å². The van der Waals surface area contributed by atoms with Gasteiger partial charge in [-0.1, -0.05) is 13.8 Å². The van der Waals surface area contributed by atoms with E-state index in [0.717, 1.165) is 5.56 Å². The van der Waals surface area contributed by atoms with Crippen LogP contribution in [0.25, 0.3) is 0 Å². The summed E-state index contributed by atoms with van der Waals surface area (Å²) >= 11 is 0. The lowest BCUT2D eigenvalue weighted by molar-refractivity contribution is -0.119. The van der Waals surface area contributed by atoms with Crippen LogP contribution >= 0.6 is 0 Å². The summed E-state index contributed by atoms with van der Waals surface area (Å²) in [6, 6.07) is 3.66. The van der Waals surface area contributed by atoms with E-state index in [-0.39, 0.29) is 11.8 Å². The van der Waals surface area contributed by atoms with Gasteiger partial charge in [0.15, 0.2) is 0 Å². The number of hydrogen-bond acceptors (Lipinski definition) is 2. The SMILES string of the molecule is C[C](C)CC(C(N)=O)c1ccncc1. The van der Waals surface area contributed by atoms with E-state index in [2.05, 4.69) is 4.98 Å². The molecule has 1 unspecified atom stereocenters. The van der Waals surface area contributed by atoms with Crippen molar-refractivity contribution in [2.24, 2.45) is 5.73 Å². The van der Waals surface area contributed by atoms with Crippen molar-refractivity contribution in [1.29, 1.82) is 0 Å². The first-order valence-corrected chi connectivity index (χ1v) is 4.59. The summed E-state index contributed by atoms with van der Waals surface area (Å²) in [4.78, 5) is 15.1. The van der Waals surface area contributed by atoms with Crippen molar-refractivity contribution >= 4 is 5.91 Å². The van der Waals surface area contributed by atoms with Crippen molar-refractivity contribution in [1.82, 2.24) is 4.98 Å². The minimum absolute atomic E-state index is 0.219. The molecule has 0 fully saturated rings. The molecule has 0 bridgehead atoms. The molecule has 1 aromatic rings. The molecule has 0 aliphatic carbocycles. The Bertz CT molecular complexity index is 295. The van der Waals surface area contributed by atoms with Crippen molar-refractivity contribution in [3.05, 3.63) is 36.0 Å². The van der Waals surface area contributed by atoms with Crippen molar-refractivity contribution in [2.75, 3.05) is 0 Å². The van der Waals surface area contributed by atoms with Crippen LogP contribution in [0.4, 0.5) is 0 Å². The fourth-order valence-corrected chi connectivity index (χ4v) is 1.39. The van der Waals surface area contributed by atoms with Gasteiger partial charge in [-0.25, -0.2) is 0 Å². The number of primary amides is 1. The third-order valence-corrected chi connectivity index (χ3v) is 2.06. The quantitative estimate of drug-likeness (QED) is 0.786. The molecule has 0 aliphatic heterocycles. The fraction of sp³-hybridized carbons (Fsp3) is 0.364.